The quantitative estimate of drug-likeness (QED) is 0.774. The molecule has 0 aliphatic carbocycles. The number of hydrogen-bond acceptors (Lipinski definition) is 4. The topological polar surface area (TPSA) is 79.0 Å². The zero-order valence-electron chi connectivity index (χ0n) is 18.0. The summed E-state index contributed by atoms with van der Waals surface area (Å²) in [7, 11) is -1.63. The van der Waals surface area contributed by atoms with E-state index in [4.69, 9.17) is 4.74 Å². The summed E-state index contributed by atoms with van der Waals surface area (Å²) in [4.78, 5) is 16.8. The van der Waals surface area contributed by atoms with Gasteiger partial charge in [-0.05, 0) is 36.5 Å². The zero-order valence-corrected chi connectivity index (χ0v) is 18.8. The fourth-order valence-corrected chi connectivity index (χ4v) is 5.33. The molecular weight excluding hydrogens is 414 g/mol. The molecule has 1 saturated heterocycles. The predicted octanol–water partition coefficient (Wildman–Crippen LogP) is 2.72. The number of carbonyl (C=O) groups is 1. The maximum Gasteiger partial charge on any atom is 0.320 e. The number of likely N-dealkylation sites (N-methyl/N-ethyl adjacent to an activating group) is 1. The minimum atomic E-state index is -3.39. The van der Waals surface area contributed by atoms with Crippen LogP contribution in [0.4, 0.5) is 4.79 Å². The Morgan fingerprint density at radius 3 is 2.71 bits per heavy atom. The number of piperidine rings is 1. The van der Waals surface area contributed by atoms with Crippen LogP contribution in [0.3, 0.4) is 0 Å². The highest BCUT2D eigenvalue weighted by molar-refractivity contribution is 7.88. The van der Waals surface area contributed by atoms with E-state index >= 15 is 0 Å². The lowest BCUT2D eigenvalue weighted by Crippen LogP contribution is -2.60. The van der Waals surface area contributed by atoms with Crippen LogP contribution in [0.1, 0.15) is 18.4 Å². The van der Waals surface area contributed by atoms with Gasteiger partial charge in [0.1, 0.15) is 12.4 Å². The molecule has 2 amide bonds. The summed E-state index contributed by atoms with van der Waals surface area (Å²) in [6.07, 6.45) is 3.21. The van der Waals surface area contributed by atoms with Crippen molar-refractivity contribution in [3.05, 3.63) is 54.1 Å². The van der Waals surface area contributed by atoms with E-state index in [1.807, 2.05) is 47.4 Å². The molecule has 8 heteroatoms. The number of sulfonamides is 1. The van der Waals surface area contributed by atoms with Gasteiger partial charge in [0.15, 0.2) is 0 Å². The molecular formula is C23H29N3O4S. The average molecular weight is 444 g/mol. The van der Waals surface area contributed by atoms with Crippen molar-refractivity contribution in [2.24, 2.45) is 0 Å². The molecule has 0 spiro atoms. The van der Waals surface area contributed by atoms with Crippen molar-refractivity contribution in [3.8, 4) is 16.9 Å². The number of carbonyl (C=O) groups excluding carboxylic acids is 1. The first-order chi connectivity index (χ1) is 14.8. The summed E-state index contributed by atoms with van der Waals surface area (Å²) in [5, 5.41) is 0. The highest BCUT2D eigenvalue weighted by Gasteiger charge is 2.37. The van der Waals surface area contributed by atoms with E-state index in [2.05, 4.69) is 10.8 Å². The Morgan fingerprint density at radius 2 is 1.90 bits per heavy atom. The number of nitrogens with zero attached hydrogens (tertiary/aromatic N) is 2. The summed E-state index contributed by atoms with van der Waals surface area (Å²) in [6.45, 7) is 1.43. The number of amides is 2. The van der Waals surface area contributed by atoms with E-state index in [0.717, 1.165) is 28.9 Å². The highest BCUT2D eigenvalue weighted by atomic mass is 32.2. The molecule has 2 aliphatic rings. The number of hydrogen-bond donors (Lipinski definition) is 1. The standard InChI is InChI=1S/C23H29N3O4S/c1-25-13-14-30-22-11-4-3-9-19(22)18-8-5-7-17(15-18)16-21-20(24-31(2,28)29)10-6-12-26(21)23(25)27/h3-5,7-9,11,15,20-21,24H,6,10,12-14,16H2,1-2H3. The second-order valence-electron chi connectivity index (χ2n) is 8.35. The minimum absolute atomic E-state index is 0.0997. The lowest BCUT2D eigenvalue weighted by Gasteiger charge is -2.43. The third-order valence-electron chi connectivity index (χ3n) is 5.97. The van der Waals surface area contributed by atoms with Crippen LogP contribution in [-0.4, -0.2) is 69.3 Å². The molecule has 31 heavy (non-hydrogen) atoms. The number of nitrogens with one attached hydrogen (secondary N) is 1. The fraction of sp³-hybridized carbons (Fsp3) is 0.435. The predicted molar refractivity (Wildman–Crippen MR) is 121 cm³/mol. The second kappa shape index (κ2) is 8.88. The van der Waals surface area contributed by atoms with Gasteiger partial charge in [0.05, 0.1) is 18.8 Å². The van der Waals surface area contributed by atoms with Crippen molar-refractivity contribution in [1.82, 2.24) is 14.5 Å². The monoisotopic (exact) mass is 443 g/mol. The maximum atomic E-state index is 13.3. The van der Waals surface area contributed by atoms with Gasteiger partial charge in [-0.15, -0.1) is 0 Å². The molecule has 166 valence electrons. The van der Waals surface area contributed by atoms with Crippen molar-refractivity contribution >= 4 is 16.1 Å². The van der Waals surface area contributed by atoms with E-state index in [-0.39, 0.29) is 18.1 Å². The second-order valence-corrected chi connectivity index (χ2v) is 10.1. The van der Waals surface area contributed by atoms with E-state index in [1.165, 1.54) is 6.26 Å². The maximum absolute atomic E-state index is 13.3. The first kappa shape index (κ1) is 21.6. The third kappa shape index (κ3) is 5.02. The van der Waals surface area contributed by atoms with Crippen LogP contribution in [0.15, 0.2) is 48.5 Å². The number of urea groups is 1. The molecule has 2 bridgehead atoms. The van der Waals surface area contributed by atoms with E-state index in [1.54, 1.807) is 11.9 Å². The van der Waals surface area contributed by atoms with Crippen molar-refractivity contribution in [2.45, 2.75) is 31.3 Å². The fourth-order valence-electron chi connectivity index (χ4n) is 4.51. The number of para-hydroxylation sites is 1. The molecule has 0 saturated carbocycles. The molecule has 0 aromatic heterocycles. The summed E-state index contributed by atoms with van der Waals surface area (Å²) < 4.78 is 32.8. The van der Waals surface area contributed by atoms with Gasteiger partial charge in [0.25, 0.3) is 0 Å². The molecule has 2 aromatic rings. The Hall–Kier alpha value is -2.58. The average Bonchev–Trinajstić information content (AvgIpc) is 2.74. The van der Waals surface area contributed by atoms with Crippen molar-refractivity contribution in [3.63, 3.8) is 0 Å². The van der Waals surface area contributed by atoms with Crippen molar-refractivity contribution < 1.29 is 17.9 Å². The number of benzene rings is 2. The van der Waals surface area contributed by atoms with E-state index in [0.29, 0.717) is 32.5 Å². The molecule has 2 unspecified atom stereocenters. The lowest BCUT2D eigenvalue weighted by molar-refractivity contribution is 0.105. The molecule has 4 rings (SSSR count). The van der Waals surface area contributed by atoms with Crippen LogP contribution in [0, 0.1) is 0 Å². The molecule has 2 aliphatic heterocycles. The molecule has 0 radical (unpaired) electrons. The summed E-state index contributed by atoms with van der Waals surface area (Å²) in [5.74, 6) is 0.786. The van der Waals surface area contributed by atoms with Crippen molar-refractivity contribution in [1.29, 1.82) is 0 Å². The summed E-state index contributed by atoms with van der Waals surface area (Å²) >= 11 is 0. The Labute approximate surface area is 184 Å². The molecule has 7 nitrogen and oxygen atoms in total. The normalized spacial score (nSPS) is 22.3. The Kier molecular flexibility index (Phi) is 6.20. The summed E-state index contributed by atoms with van der Waals surface area (Å²) in [6, 6.07) is 15.4. The van der Waals surface area contributed by atoms with Gasteiger partial charge in [-0.3, -0.25) is 0 Å². The Balaban J connectivity index is 1.76. The van der Waals surface area contributed by atoms with Crippen LogP contribution in [0.2, 0.25) is 0 Å². The molecule has 2 atom stereocenters. The Morgan fingerprint density at radius 1 is 1.10 bits per heavy atom. The number of rotatable bonds is 2. The van der Waals surface area contributed by atoms with Gasteiger partial charge in [-0.2, -0.15) is 0 Å². The van der Waals surface area contributed by atoms with Crippen molar-refractivity contribution in [2.75, 3.05) is 33.0 Å². The highest BCUT2D eigenvalue weighted by Crippen LogP contribution is 2.32. The summed E-state index contributed by atoms with van der Waals surface area (Å²) in [5.41, 5.74) is 3.10. The zero-order chi connectivity index (χ0) is 22.0. The van der Waals surface area contributed by atoms with Crippen LogP contribution in [0.25, 0.3) is 11.1 Å². The lowest BCUT2D eigenvalue weighted by atomic mass is 9.90. The molecule has 2 aromatic carbocycles. The van der Waals surface area contributed by atoms with Crippen LogP contribution in [-0.2, 0) is 16.4 Å². The Bertz CT molecular complexity index is 1060. The van der Waals surface area contributed by atoms with Gasteiger partial charge in [0.2, 0.25) is 10.0 Å². The first-order valence-corrected chi connectivity index (χ1v) is 12.5. The smallest absolute Gasteiger partial charge is 0.320 e. The van der Waals surface area contributed by atoms with E-state index in [9.17, 15) is 13.2 Å². The first-order valence-electron chi connectivity index (χ1n) is 10.6. The van der Waals surface area contributed by atoms with Crippen LogP contribution in [0.5, 0.6) is 5.75 Å². The van der Waals surface area contributed by atoms with Gasteiger partial charge in [0, 0.05) is 25.2 Å². The van der Waals surface area contributed by atoms with Gasteiger partial charge in [-0.1, -0.05) is 42.5 Å². The van der Waals surface area contributed by atoms with Gasteiger partial charge in [-0.25, -0.2) is 17.9 Å². The number of fused-ring (bicyclic) bond motifs is 5. The van der Waals surface area contributed by atoms with Crippen LogP contribution < -0.4 is 9.46 Å². The van der Waals surface area contributed by atoms with Gasteiger partial charge < -0.3 is 14.5 Å². The van der Waals surface area contributed by atoms with E-state index < -0.39 is 10.0 Å². The van der Waals surface area contributed by atoms with Crippen LogP contribution >= 0.6 is 0 Å². The third-order valence-corrected chi connectivity index (χ3v) is 6.70. The molecule has 1 fully saturated rings. The largest absolute Gasteiger partial charge is 0.491 e. The minimum Gasteiger partial charge on any atom is -0.491 e. The van der Waals surface area contributed by atoms with Gasteiger partial charge >= 0.3 is 6.03 Å². The number of ether oxygens (including phenoxy) is 1. The molecule has 2 heterocycles. The SMILES string of the molecule is CN1CCOc2ccccc2-c2cccc(c2)CC2C(NS(C)(=O)=O)CCCN2C1=O. The molecule has 1 N–H and O–H groups in total.